The summed E-state index contributed by atoms with van der Waals surface area (Å²) in [6, 6.07) is 23.8. The smallest absolute Gasteiger partial charge is 0.312 e. The minimum atomic E-state index is -0.779. The molecule has 0 saturated carbocycles. The van der Waals surface area contributed by atoms with Gasteiger partial charge in [-0.2, -0.15) is 4.98 Å². The lowest BCUT2D eigenvalue weighted by molar-refractivity contribution is -0.157. The van der Waals surface area contributed by atoms with Gasteiger partial charge in [0.15, 0.2) is 0 Å². The summed E-state index contributed by atoms with van der Waals surface area (Å²) in [7, 11) is 0. The number of halogens is 1. The summed E-state index contributed by atoms with van der Waals surface area (Å²) in [5.74, 6) is 0.159. The molecule has 1 aliphatic heterocycles. The van der Waals surface area contributed by atoms with Gasteiger partial charge in [-0.25, -0.2) is 0 Å². The highest BCUT2D eigenvalue weighted by molar-refractivity contribution is 6.33. The van der Waals surface area contributed by atoms with Crippen molar-refractivity contribution in [2.75, 3.05) is 26.3 Å². The Morgan fingerprint density at radius 2 is 1.65 bits per heavy atom. The lowest BCUT2D eigenvalue weighted by Crippen LogP contribution is -2.46. The van der Waals surface area contributed by atoms with E-state index in [1.807, 2.05) is 88.4 Å². The van der Waals surface area contributed by atoms with E-state index in [9.17, 15) is 9.90 Å². The monoisotopic (exact) mass is 604 g/mol. The Hall–Kier alpha value is -3.56. The van der Waals surface area contributed by atoms with E-state index in [1.165, 1.54) is 0 Å². The van der Waals surface area contributed by atoms with Crippen LogP contribution in [0.4, 0.5) is 0 Å². The van der Waals surface area contributed by atoms with Gasteiger partial charge in [-0.05, 0) is 76.9 Å². The van der Waals surface area contributed by atoms with E-state index >= 15 is 0 Å². The summed E-state index contributed by atoms with van der Waals surface area (Å²) < 4.78 is 11.0. The van der Waals surface area contributed by atoms with Crippen LogP contribution in [0.5, 0.6) is 0 Å². The van der Waals surface area contributed by atoms with Crippen LogP contribution < -0.4 is 5.73 Å². The molecule has 5 rings (SSSR count). The van der Waals surface area contributed by atoms with Crippen molar-refractivity contribution in [2.24, 2.45) is 11.1 Å². The molecule has 228 valence electrons. The number of piperidine rings is 1. The molecular formula is C34H41ClN4O4. The lowest BCUT2D eigenvalue weighted by Gasteiger charge is -2.38. The van der Waals surface area contributed by atoms with Gasteiger partial charge in [-0.15, -0.1) is 0 Å². The number of benzene rings is 3. The van der Waals surface area contributed by atoms with Crippen LogP contribution in [0.2, 0.25) is 5.02 Å². The molecule has 2 heterocycles. The second kappa shape index (κ2) is 14.3. The summed E-state index contributed by atoms with van der Waals surface area (Å²) in [4.78, 5) is 18.7. The third-order valence-corrected chi connectivity index (χ3v) is 7.51. The van der Waals surface area contributed by atoms with Crippen LogP contribution in [0.25, 0.3) is 34.0 Å². The number of carboxylic acid groups (broad SMARTS) is 1. The summed E-state index contributed by atoms with van der Waals surface area (Å²) >= 11 is 6.56. The molecule has 4 aromatic rings. The van der Waals surface area contributed by atoms with Crippen molar-refractivity contribution < 1.29 is 19.2 Å². The van der Waals surface area contributed by atoms with Gasteiger partial charge in [-0.1, -0.05) is 77.4 Å². The van der Waals surface area contributed by atoms with Crippen LogP contribution >= 0.6 is 11.6 Å². The highest BCUT2D eigenvalue weighted by Crippen LogP contribution is 2.34. The Labute approximate surface area is 258 Å². The predicted molar refractivity (Wildman–Crippen MR) is 171 cm³/mol. The Morgan fingerprint density at radius 1 is 1.02 bits per heavy atom. The number of aliphatic carboxylic acids is 1. The third kappa shape index (κ3) is 8.97. The standard InChI is InChI=1S/C30H30ClN3O4.C4H11N/c1-2-37-20-30(29(35)36)14-16-34(17-15-30)19-21-8-10-23(11-9-21)27-32-28(38-33-27)24-12-13-25(26(31)18-24)22-6-4-3-5-7-22;1-4(2,3)5/h3-13,18H,2,14-17,19-20H2,1H3,(H,35,36);5H2,1-3H3. The predicted octanol–water partition coefficient (Wildman–Crippen LogP) is 7.17. The Kier molecular flexibility index (Phi) is 10.7. The number of hydrogen-bond acceptors (Lipinski definition) is 7. The number of likely N-dealkylation sites (tertiary alicyclic amines) is 1. The van der Waals surface area contributed by atoms with E-state index in [1.54, 1.807) is 0 Å². The van der Waals surface area contributed by atoms with E-state index < -0.39 is 11.4 Å². The van der Waals surface area contributed by atoms with Crippen LogP contribution in [0, 0.1) is 5.41 Å². The molecule has 9 heteroatoms. The van der Waals surface area contributed by atoms with E-state index in [-0.39, 0.29) is 12.1 Å². The molecule has 1 aliphatic rings. The topological polar surface area (TPSA) is 115 Å². The van der Waals surface area contributed by atoms with Gasteiger partial charge >= 0.3 is 5.97 Å². The lowest BCUT2D eigenvalue weighted by atomic mass is 9.79. The molecule has 0 spiro atoms. The van der Waals surface area contributed by atoms with Gasteiger partial charge in [0, 0.05) is 40.4 Å². The first kappa shape index (κ1) is 32.4. The van der Waals surface area contributed by atoms with Crippen LogP contribution in [-0.4, -0.2) is 58.0 Å². The third-order valence-electron chi connectivity index (χ3n) is 7.19. The molecule has 1 saturated heterocycles. The van der Waals surface area contributed by atoms with Crippen molar-refractivity contribution in [3.05, 3.63) is 83.4 Å². The average molecular weight is 605 g/mol. The molecule has 3 aromatic carbocycles. The van der Waals surface area contributed by atoms with Crippen molar-refractivity contribution in [1.82, 2.24) is 15.0 Å². The van der Waals surface area contributed by atoms with E-state index in [4.69, 9.17) is 26.6 Å². The molecule has 0 bridgehead atoms. The number of nitrogens with zero attached hydrogens (tertiary/aromatic N) is 3. The summed E-state index contributed by atoms with van der Waals surface area (Å²) in [6.45, 7) is 10.8. The minimum absolute atomic E-state index is 0. The second-order valence-electron chi connectivity index (χ2n) is 12.0. The molecule has 1 fully saturated rings. The number of ether oxygens (including phenoxy) is 1. The number of hydrogen-bond donors (Lipinski definition) is 2. The largest absolute Gasteiger partial charge is 0.481 e. The number of carboxylic acids is 1. The first-order valence-corrected chi connectivity index (χ1v) is 15.0. The maximum absolute atomic E-state index is 11.9. The quantitative estimate of drug-likeness (QED) is 0.207. The number of aromatic nitrogens is 2. The maximum Gasteiger partial charge on any atom is 0.312 e. The van der Waals surface area contributed by atoms with Gasteiger partial charge in [0.2, 0.25) is 5.82 Å². The summed E-state index contributed by atoms with van der Waals surface area (Å²) in [5.41, 5.74) is 9.34. The fraction of sp³-hybridized carbons (Fsp3) is 0.382. The molecule has 0 amide bonds. The van der Waals surface area contributed by atoms with E-state index in [0.717, 1.165) is 47.5 Å². The zero-order chi connectivity index (χ0) is 31.0. The van der Waals surface area contributed by atoms with Gasteiger partial charge in [0.1, 0.15) is 0 Å². The summed E-state index contributed by atoms with van der Waals surface area (Å²) in [6.07, 6.45) is 1.17. The molecule has 1 aromatic heterocycles. The van der Waals surface area contributed by atoms with Gasteiger partial charge in [0.05, 0.1) is 12.0 Å². The van der Waals surface area contributed by atoms with E-state index in [0.29, 0.717) is 36.2 Å². The van der Waals surface area contributed by atoms with Gasteiger partial charge in [0.25, 0.3) is 5.89 Å². The van der Waals surface area contributed by atoms with Crippen LogP contribution in [0.15, 0.2) is 77.3 Å². The second-order valence-corrected chi connectivity index (χ2v) is 12.5. The van der Waals surface area contributed by atoms with Crippen molar-refractivity contribution in [3.63, 3.8) is 0 Å². The minimum Gasteiger partial charge on any atom is -0.481 e. The average Bonchev–Trinajstić information content (AvgIpc) is 3.47. The Morgan fingerprint density at radius 3 is 2.23 bits per heavy atom. The molecular weight excluding hydrogens is 564 g/mol. The van der Waals surface area contributed by atoms with Crippen molar-refractivity contribution >= 4 is 17.6 Å². The molecule has 43 heavy (non-hydrogen) atoms. The van der Waals surface area contributed by atoms with E-state index in [2.05, 4.69) is 27.2 Å². The van der Waals surface area contributed by atoms with Crippen molar-refractivity contribution in [1.29, 1.82) is 0 Å². The first-order valence-electron chi connectivity index (χ1n) is 14.6. The summed E-state index contributed by atoms with van der Waals surface area (Å²) in [5, 5.41) is 14.5. The molecule has 8 nitrogen and oxygen atoms in total. The number of nitrogens with two attached hydrogens (primary N) is 1. The zero-order valence-corrected chi connectivity index (χ0v) is 26.1. The zero-order valence-electron chi connectivity index (χ0n) is 25.3. The van der Waals surface area contributed by atoms with Crippen LogP contribution in [0.1, 0.15) is 46.1 Å². The molecule has 0 atom stereocenters. The highest BCUT2D eigenvalue weighted by Gasteiger charge is 2.41. The fourth-order valence-electron chi connectivity index (χ4n) is 4.83. The van der Waals surface area contributed by atoms with Crippen molar-refractivity contribution in [2.45, 2.75) is 52.6 Å². The van der Waals surface area contributed by atoms with Crippen LogP contribution in [0.3, 0.4) is 0 Å². The molecule has 0 radical (unpaired) electrons. The normalized spacial score (nSPS) is 15.0. The SMILES string of the molecule is CC(C)(C)N.CCOCC1(C(=O)O)CCN(Cc2ccc(-c3noc(-c4ccc(-c5ccccc5)c(Cl)c4)n3)cc2)CC1. The molecule has 0 unspecified atom stereocenters. The van der Waals surface area contributed by atoms with Crippen LogP contribution in [-0.2, 0) is 16.1 Å². The Bertz CT molecular complexity index is 1470. The Balaban J connectivity index is 0.000000782. The number of carbonyl (C=O) groups is 1. The number of rotatable bonds is 9. The highest BCUT2D eigenvalue weighted by atomic mass is 35.5. The molecule has 0 aliphatic carbocycles. The molecule has 3 N–H and O–H groups in total. The van der Waals surface area contributed by atoms with Gasteiger partial charge in [-0.3, -0.25) is 9.69 Å². The first-order chi connectivity index (χ1) is 20.5. The maximum atomic E-state index is 11.9. The van der Waals surface area contributed by atoms with Crippen molar-refractivity contribution in [3.8, 4) is 34.0 Å². The van der Waals surface area contributed by atoms with Gasteiger partial charge < -0.3 is 20.1 Å². The fourth-order valence-corrected chi connectivity index (χ4v) is 5.12.